The van der Waals surface area contributed by atoms with Gasteiger partial charge >= 0.3 is 5.97 Å². The van der Waals surface area contributed by atoms with Crippen LogP contribution in [0, 0.1) is 11.6 Å². The summed E-state index contributed by atoms with van der Waals surface area (Å²) in [4.78, 5) is 14.8. The number of aryl methyl sites for hydroxylation is 1. The van der Waals surface area contributed by atoms with Crippen LogP contribution in [-0.2, 0) is 16.1 Å². The molecule has 174 valence electrons. The number of ether oxygens (including phenoxy) is 1. The van der Waals surface area contributed by atoms with Crippen molar-refractivity contribution in [1.29, 1.82) is 0 Å². The molecule has 5 rings (SSSR count). The molecule has 0 bridgehead atoms. The average molecular weight is 536 g/mol. The lowest BCUT2D eigenvalue weighted by Gasteiger charge is -2.13. The summed E-state index contributed by atoms with van der Waals surface area (Å²) in [6, 6.07) is 15.7. The molecule has 34 heavy (non-hydrogen) atoms. The number of rotatable bonds is 5. The molecule has 1 unspecified atom stereocenters. The Morgan fingerprint density at radius 2 is 1.59 bits per heavy atom. The van der Waals surface area contributed by atoms with Gasteiger partial charge in [-0.3, -0.25) is 4.79 Å². The average Bonchev–Trinajstić information content (AvgIpc) is 3.34. The van der Waals surface area contributed by atoms with Crippen molar-refractivity contribution in [3.05, 3.63) is 82.0 Å². The van der Waals surface area contributed by atoms with Crippen LogP contribution in [0.2, 0.25) is 10.0 Å². The molecule has 0 aliphatic carbocycles. The maximum atomic E-state index is 15.3. The van der Waals surface area contributed by atoms with Crippen LogP contribution in [0.3, 0.4) is 0 Å². The van der Waals surface area contributed by atoms with Gasteiger partial charge in [0.05, 0.1) is 11.2 Å². The molecule has 1 aliphatic heterocycles. The summed E-state index contributed by atoms with van der Waals surface area (Å²) in [6.45, 7) is 1.76. The van der Waals surface area contributed by atoms with Crippen molar-refractivity contribution in [1.82, 2.24) is 4.57 Å². The SMILES string of the molecule is CC(=O)OC1CCn2c1c(Sc1ccc(Cl)cc1)c1c(Sc3ccc(Cl)cc3)cc(F)c(F)c12. The summed E-state index contributed by atoms with van der Waals surface area (Å²) in [5, 5.41) is 1.78. The normalized spacial score (nSPS) is 15.0. The largest absolute Gasteiger partial charge is 0.456 e. The van der Waals surface area contributed by atoms with Crippen molar-refractivity contribution < 1.29 is 18.3 Å². The first-order valence-electron chi connectivity index (χ1n) is 10.4. The van der Waals surface area contributed by atoms with Crippen molar-refractivity contribution in [2.24, 2.45) is 0 Å². The van der Waals surface area contributed by atoms with E-state index in [0.29, 0.717) is 39.0 Å². The van der Waals surface area contributed by atoms with Crippen LogP contribution in [-0.4, -0.2) is 10.5 Å². The lowest BCUT2D eigenvalue weighted by atomic mass is 10.2. The zero-order valence-electron chi connectivity index (χ0n) is 17.8. The van der Waals surface area contributed by atoms with E-state index in [0.717, 1.165) is 14.7 Å². The Balaban J connectivity index is 1.74. The molecule has 3 nitrogen and oxygen atoms in total. The number of fused-ring (bicyclic) bond motifs is 3. The predicted octanol–water partition coefficient (Wildman–Crippen LogP) is 8.54. The third-order valence-corrected chi connectivity index (χ3v) is 8.16. The third-order valence-electron chi connectivity index (χ3n) is 5.48. The minimum Gasteiger partial charge on any atom is -0.456 e. The van der Waals surface area contributed by atoms with Gasteiger partial charge in [-0.05, 0) is 54.6 Å². The molecule has 0 saturated heterocycles. The van der Waals surface area contributed by atoms with Gasteiger partial charge < -0.3 is 9.30 Å². The molecule has 1 atom stereocenters. The zero-order valence-corrected chi connectivity index (χ0v) is 20.9. The Hall–Kier alpha value is -2.19. The second kappa shape index (κ2) is 9.46. The highest BCUT2D eigenvalue weighted by molar-refractivity contribution is 8.00. The van der Waals surface area contributed by atoms with Crippen molar-refractivity contribution >= 4 is 63.6 Å². The lowest BCUT2D eigenvalue weighted by Crippen LogP contribution is -2.06. The molecular weight excluding hydrogens is 519 g/mol. The standard InChI is InChI=1S/C25H17Cl2F2NO2S2/c1-13(31)32-19-10-11-30-23(19)25(34-17-8-4-15(27)5-9-17)21-20(12-18(28)22(29)24(21)30)33-16-6-2-14(26)3-7-16/h2-9,12,19H,10-11H2,1H3. The Kier molecular flexibility index (Phi) is 6.55. The number of hydrogen-bond acceptors (Lipinski definition) is 4. The van der Waals surface area contributed by atoms with Gasteiger partial charge in [0, 0.05) is 54.9 Å². The van der Waals surface area contributed by atoms with Crippen LogP contribution in [0.25, 0.3) is 10.9 Å². The fourth-order valence-corrected chi connectivity index (χ4v) is 6.59. The molecule has 9 heteroatoms. The van der Waals surface area contributed by atoms with E-state index in [1.54, 1.807) is 28.8 Å². The van der Waals surface area contributed by atoms with E-state index in [-0.39, 0.29) is 5.52 Å². The first-order chi connectivity index (χ1) is 16.3. The molecule has 1 aliphatic rings. The van der Waals surface area contributed by atoms with Crippen molar-refractivity contribution in [3.63, 3.8) is 0 Å². The van der Waals surface area contributed by atoms with E-state index in [1.165, 1.54) is 36.5 Å². The first-order valence-corrected chi connectivity index (χ1v) is 12.8. The van der Waals surface area contributed by atoms with E-state index < -0.39 is 23.7 Å². The third kappa shape index (κ3) is 4.42. The summed E-state index contributed by atoms with van der Waals surface area (Å²) in [6.07, 6.45) is -0.0511. The number of aromatic nitrogens is 1. The molecule has 0 radical (unpaired) electrons. The Morgan fingerprint density at radius 3 is 2.18 bits per heavy atom. The van der Waals surface area contributed by atoms with E-state index in [2.05, 4.69) is 0 Å². The Morgan fingerprint density at radius 1 is 1.00 bits per heavy atom. The molecule has 0 amide bonds. The zero-order chi connectivity index (χ0) is 24.0. The summed E-state index contributed by atoms with van der Waals surface area (Å²) < 4.78 is 37.4. The number of hydrogen-bond donors (Lipinski definition) is 0. The van der Waals surface area contributed by atoms with Crippen LogP contribution in [0.4, 0.5) is 8.78 Å². The Labute approximate surface area is 213 Å². The van der Waals surface area contributed by atoms with Crippen LogP contribution >= 0.6 is 46.7 Å². The summed E-state index contributed by atoms with van der Waals surface area (Å²) in [5.41, 5.74) is 0.852. The minimum atomic E-state index is -0.928. The van der Waals surface area contributed by atoms with E-state index in [9.17, 15) is 9.18 Å². The molecule has 3 aromatic carbocycles. The molecular formula is C25H17Cl2F2NO2S2. The number of carbonyl (C=O) groups is 1. The number of halogens is 4. The van der Waals surface area contributed by atoms with Gasteiger partial charge in [0.15, 0.2) is 11.6 Å². The topological polar surface area (TPSA) is 31.2 Å². The van der Waals surface area contributed by atoms with Crippen molar-refractivity contribution in [3.8, 4) is 0 Å². The van der Waals surface area contributed by atoms with E-state index in [1.807, 2.05) is 24.3 Å². The number of esters is 1. The number of carbonyl (C=O) groups excluding carboxylic acids is 1. The van der Waals surface area contributed by atoms with Crippen molar-refractivity contribution in [2.45, 2.75) is 45.6 Å². The maximum absolute atomic E-state index is 15.3. The summed E-state index contributed by atoms with van der Waals surface area (Å²) in [5.74, 6) is -2.26. The van der Waals surface area contributed by atoms with Gasteiger partial charge in [-0.15, -0.1) is 0 Å². The summed E-state index contributed by atoms with van der Waals surface area (Å²) >= 11 is 14.8. The molecule has 0 N–H and O–H groups in total. The van der Waals surface area contributed by atoms with Crippen LogP contribution < -0.4 is 0 Å². The Bertz CT molecular complexity index is 1410. The molecule has 0 spiro atoms. The highest BCUT2D eigenvalue weighted by atomic mass is 35.5. The predicted molar refractivity (Wildman–Crippen MR) is 132 cm³/mol. The highest BCUT2D eigenvalue weighted by Gasteiger charge is 2.35. The highest BCUT2D eigenvalue weighted by Crippen LogP contribution is 2.50. The number of benzene rings is 3. The number of nitrogens with zero attached hydrogens (tertiary/aromatic N) is 1. The van der Waals surface area contributed by atoms with Crippen molar-refractivity contribution in [2.75, 3.05) is 0 Å². The van der Waals surface area contributed by atoms with E-state index >= 15 is 4.39 Å². The summed E-state index contributed by atoms with van der Waals surface area (Å²) in [7, 11) is 0. The lowest BCUT2D eigenvalue weighted by molar-refractivity contribution is -0.146. The molecule has 1 aromatic heterocycles. The van der Waals surface area contributed by atoms with Gasteiger partial charge in [0.2, 0.25) is 0 Å². The van der Waals surface area contributed by atoms with Gasteiger partial charge in [0.25, 0.3) is 0 Å². The molecule has 4 aromatic rings. The molecule has 0 fully saturated rings. The monoisotopic (exact) mass is 535 g/mol. The van der Waals surface area contributed by atoms with Crippen LogP contribution in [0.5, 0.6) is 0 Å². The van der Waals surface area contributed by atoms with Gasteiger partial charge in [-0.2, -0.15) is 0 Å². The fourth-order valence-electron chi connectivity index (χ4n) is 4.12. The van der Waals surface area contributed by atoms with E-state index in [4.69, 9.17) is 27.9 Å². The van der Waals surface area contributed by atoms with Crippen LogP contribution in [0.15, 0.2) is 74.2 Å². The molecule has 2 heterocycles. The molecule has 0 saturated carbocycles. The fraction of sp³-hybridized carbons (Fsp3) is 0.160. The minimum absolute atomic E-state index is 0.178. The van der Waals surface area contributed by atoms with Gasteiger partial charge in [-0.1, -0.05) is 46.7 Å². The quantitative estimate of drug-likeness (QED) is 0.239. The second-order valence-corrected chi connectivity index (χ2v) is 10.8. The van der Waals surface area contributed by atoms with Gasteiger partial charge in [0.1, 0.15) is 6.10 Å². The second-order valence-electron chi connectivity index (χ2n) is 7.76. The maximum Gasteiger partial charge on any atom is 0.303 e. The first kappa shape index (κ1) is 23.5. The van der Waals surface area contributed by atoms with Gasteiger partial charge in [-0.25, -0.2) is 8.78 Å². The smallest absolute Gasteiger partial charge is 0.303 e. The van der Waals surface area contributed by atoms with Crippen LogP contribution in [0.1, 0.15) is 25.1 Å².